The minimum absolute atomic E-state index is 0.209. The maximum Gasteiger partial charge on any atom is 0.291 e. The van der Waals surface area contributed by atoms with Crippen LogP contribution in [0.1, 0.15) is 26.5 Å². The van der Waals surface area contributed by atoms with Gasteiger partial charge in [-0.25, -0.2) is 0 Å². The Hall–Kier alpha value is -3.60. The van der Waals surface area contributed by atoms with E-state index >= 15 is 0 Å². The van der Waals surface area contributed by atoms with Crippen LogP contribution in [0.3, 0.4) is 0 Å². The number of hydrogen-bond donors (Lipinski definition) is 2. The van der Waals surface area contributed by atoms with E-state index in [9.17, 15) is 9.59 Å². The number of primary amides is 1. The highest BCUT2D eigenvalue weighted by atomic mass is 16.3. The molecule has 3 aromatic carbocycles. The molecule has 0 spiro atoms. The Balaban J connectivity index is 1.72. The quantitative estimate of drug-likeness (QED) is 0.583. The molecular weight excluding hydrogens is 328 g/mol. The van der Waals surface area contributed by atoms with Crippen molar-refractivity contribution in [2.75, 3.05) is 5.32 Å². The van der Waals surface area contributed by atoms with Crippen molar-refractivity contribution in [1.29, 1.82) is 0 Å². The molecule has 0 unspecified atom stereocenters. The van der Waals surface area contributed by atoms with Crippen molar-refractivity contribution in [3.05, 3.63) is 77.6 Å². The second-order valence-corrected chi connectivity index (χ2v) is 6.11. The minimum Gasteiger partial charge on any atom is -0.451 e. The van der Waals surface area contributed by atoms with Gasteiger partial charge in [-0.05, 0) is 47.5 Å². The van der Waals surface area contributed by atoms with Crippen molar-refractivity contribution >= 4 is 39.2 Å². The number of rotatable bonds is 3. The molecule has 4 rings (SSSR count). The van der Waals surface area contributed by atoms with Gasteiger partial charge < -0.3 is 15.5 Å². The molecular formula is C21H16N2O3. The van der Waals surface area contributed by atoms with E-state index in [0.717, 1.165) is 16.2 Å². The van der Waals surface area contributed by atoms with E-state index in [0.29, 0.717) is 22.4 Å². The van der Waals surface area contributed by atoms with Gasteiger partial charge in [0.2, 0.25) is 5.91 Å². The number of nitrogens with one attached hydrogen (secondary N) is 1. The highest BCUT2D eigenvalue weighted by Crippen LogP contribution is 2.29. The zero-order valence-corrected chi connectivity index (χ0v) is 14.1. The summed E-state index contributed by atoms with van der Waals surface area (Å²) in [5.41, 5.74) is 7.53. The van der Waals surface area contributed by atoms with Gasteiger partial charge in [0.05, 0.1) is 0 Å². The van der Waals surface area contributed by atoms with E-state index in [2.05, 4.69) is 5.32 Å². The second kappa shape index (κ2) is 6.04. The van der Waals surface area contributed by atoms with Crippen molar-refractivity contribution in [1.82, 2.24) is 0 Å². The van der Waals surface area contributed by atoms with Crippen molar-refractivity contribution in [2.45, 2.75) is 6.92 Å². The van der Waals surface area contributed by atoms with Crippen molar-refractivity contribution in [3.8, 4) is 0 Å². The number of furan rings is 1. The number of carbonyl (C=O) groups excluding carboxylic acids is 2. The predicted octanol–water partition coefficient (Wildman–Crippen LogP) is 4.25. The fourth-order valence-corrected chi connectivity index (χ4v) is 3.13. The van der Waals surface area contributed by atoms with Crippen LogP contribution in [0, 0.1) is 6.92 Å². The summed E-state index contributed by atoms with van der Waals surface area (Å²) in [6, 6.07) is 18.5. The fourth-order valence-electron chi connectivity index (χ4n) is 3.13. The van der Waals surface area contributed by atoms with Gasteiger partial charge in [0, 0.05) is 16.6 Å². The molecule has 1 heterocycles. The molecule has 0 aliphatic carbocycles. The summed E-state index contributed by atoms with van der Waals surface area (Å²) < 4.78 is 5.72. The van der Waals surface area contributed by atoms with Gasteiger partial charge >= 0.3 is 0 Å². The minimum atomic E-state index is -0.534. The summed E-state index contributed by atoms with van der Waals surface area (Å²) in [7, 11) is 0. The Morgan fingerprint density at radius 2 is 1.77 bits per heavy atom. The third kappa shape index (κ3) is 2.59. The molecule has 0 saturated heterocycles. The molecule has 5 nitrogen and oxygen atoms in total. The van der Waals surface area contributed by atoms with E-state index < -0.39 is 5.91 Å². The Morgan fingerprint density at radius 3 is 2.58 bits per heavy atom. The van der Waals surface area contributed by atoms with Crippen LogP contribution in [0.5, 0.6) is 0 Å². The number of amides is 2. The zero-order chi connectivity index (χ0) is 18.3. The topological polar surface area (TPSA) is 85.3 Å². The summed E-state index contributed by atoms with van der Waals surface area (Å²) in [6.07, 6.45) is 0. The molecule has 0 aliphatic rings. The Morgan fingerprint density at radius 1 is 0.962 bits per heavy atom. The molecule has 128 valence electrons. The lowest BCUT2D eigenvalue weighted by molar-refractivity contribution is 0.0989. The van der Waals surface area contributed by atoms with Gasteiger partial charge in [-0.1, -0.05) is 36.4 Å². The summed E-state index contributed by atoms with van der Waals surface area (Å²) in [5, 5.41) is 5.78. The van der Waals surface area contributed by atoms with Crippen molar-refractivity contribution in [2.24, 2.45) is 5.73 Å². The number of carbonyl (C=O) groups is 2. The summed E-state index contributed by atoms with van der Waals surface area (Å²) in [5.74, 6) is -0.705. The first-order valence-corrected chi connectivity index (χ1v) is 8.16. The SMILES string of the molecule is Cc1c(NC(=O)c2cc3c(ccc4ccccc43)o2)cccc1C(N)=O. The van der Waals surface area contributed by atoms with Crippen LogP contribution in [0.4, 0.5) is 5.69 Å². The van der Waals surface area contributed by atoms with Gasteiger partial charge in [0.15, 0.2) is 5.76 Å². The zero-order valence-electron chi connectivity index (χ0n) is 14.1. The van der Waals surface area contributed by atoms with Crippen LogP contribution in [0.15, 0.2) is 65.1 Å². The standard InChI is InChI=1S/C21H16N2O3/c1-12-14(20(22)24)7-4-8-17(12)23-21(25)19-11-16-15-6-3-2-5-13(15)9-10-18(16)26-19/h2-11H,1H3,(H2,22,24)(H,23,25). The fraction of sp³-hybridized carbons (Fsp3) is 0.0476. The normalized spacial score (nSPS) is 11.0. The molecule has 2 amide bonds. The van der Waals surface area contributed by atoms with Gasteiger partial charge in [-0.15, -0.1) is 0 Å². The first-order chi connectivity index (χ1) is 12.5. The Bertz CT molecular complexity index is 1170. The molecule has 0 saturated carbocycles. The van der Waals surface area contributed by atoms with Gasteiger partial charge in [0.25, 0.3) is 5.91 Å². The molecule has 1 aromatic heterocycles. The molecule has 0 aliphatic heterocycles. The van der Waals surface area contributed by atoms with Crippen LogP contribution in [0.2, 0.25) is 0 Å². The highest BCUT2D eigenvalue weighted by Gasteiger charge is 2.16. The summed E-state index contributed by atoms with van der Waals surface area (Å²) in [4.78, 5) is 24.1. The van der Waals surface area contributed by atoms with E-state index in [1.54, 1.807) is 31.2 Å². The summed E-state index contributed by atoms with van der Waals surface area (Å²) >= 11 is 0. The molecule has 5 heteroatoms. The van der Waals surface area contributed by atoms with Crippen LogP contribution in [-0.2, 0) is 0 Å². The molecule has 4 aromatic rings. The molecule has 0 radical (unpaired) electrons. The lowest BCUT2D eigenvalue weighted by atomic mass is 10.1. The number of anilines is 1. The first-order valence-electron chi connectivity index (χ1n) is 8.16. The van der Waals surface area contributed by atoms with Crippen molar-refractivity contribution in [3.63, 3.8) is 0 Å². The first kappa shape index (κ1) is 15.9. The Kier molecular flexibility index (Phi) is 3.69. The van der Waals surface area contributed by atoms with E-state index in [-0.39, 0.29) is 11.7 Å². The van der Waals surface area contributed by atoms with E-state index in [1.165, 1.54) is 0 Å². The molecule has 0 fully saturated rings. The highest BCUT2D eigenvalue weighted by molar-refractivity contribution is 6.11. The average molecular weight is 344 g/mol. The average Bonchev–Trinajstić information content (AvgIpc) is 3.08. The number of fused-ring (bicyclic) bond motifs is 3. The maximum absolute atomic E-state index is 12.6. The van der Waals surface area contributed by atoms with Crippen LogP contribution < -0.4 is 11.1 Å². The van der Waals surface area contributed by atoms with Gasteiger partial charge in [-0.3, -0.25) is 9.59 Å². The van der Waals surface area contributed by atoms with Gasteiger partial charge in [0.1, 0.15) is 5.58 Å². The molecule has 3 N–H and O–H groups in total. The molecule has 0 bridgehead atoms. The molecule has 0 atom stereocenters. The van der Waals surface area contributed by atoms with E-state index in [1.807, 2.05) is 36.4 Å². The number of nitrogens with two attached hydrogens (primary N) is 1. The lowest BCUT2D eigenvalue weighted by Gasteiger charge is -2.09. The van der Waals surface area contributed by atoms with E-state index in [4.69, 9.17) is 10.2 Å². The number of benzene rings is 3. The number of hydrogen-bond acceptors (Lipinski definition) is 3. The van der Waals surface area contributed by atoms with Crippen LogP contribution >= 0.6 is 0 Å². The maximum atomic E-state index is 12.6. The summed E-state index contributed by atoms with van der Waals surface area (Å²) in [6.45, 7) is 1.74. The van der Waals surface area contributed by atoms with Crippen LogP contribution in [0.25, 0.3) is 21.7 Å². The van der Waals surface area contributed by atoms with Gasteiger partial charge in [-0.2, -0.15) is 0 Å². The third-order valence-electron chi connectivity index (χ3n) is 4.50. The molecule has 26 heavy (non-hydrogen) atoms. The monoisotopic (exact) mass is 344 g/mol. The predicted molar refractivity (Wildman–Crippen MR) is 101 cm³/mol. The van der Waals surface area contributed by atoms with Crippen molar-refractivity contribution < 1.29 is 14.0 Å². The van der Waals surface area contributed by atoms with Crippen LogP contribution in [-0.4, -0.2) is 11.8 Å². The largest absolute Gasteiger partial charge is 0.451 e. The lowest BCUT2D eigenvalue weighted by Crippen LogP contribution is -2.16. The third-order valence-corrected chi connectivity index (χ3v) is 4.50. The second-order valence-electron chi connectivity index (χ2n) is 6.11. The smallest absolute Gasteiger partial charge is 0.291 e. The Labute approximate surface area is 149 Å².